The normalized spacial score (nSPS) is 10.8. The van der Waals surface area contributed by atoms with E-state index in [1.165, 1.54) is 0 Å². The van der Waals surface area contributed by atoms with E-state index in [2.05, 4.69) is 0 Å². The van der Waals surface area contributed by atoms with Gasteiger partial charge in [-0.3, -0.25) is 4.79 Å². The van der Waals surface area contributed by atoms with Gasteiger partial charge in [0, 0.05) is 11.6 Å². The van der Waals surface area contributed by atoms with Crippen LogP contribution in [-0.4, -0.2) is 0 Å². The van der Waals surface area contributed by atoms with Crippen molar-refractivity contribution in [2.75, 3.05) is 0 Å². The van der Waals surface area contributed by atoms with Crippen LogP contribution in [0.25, 0.3) is 22.3 Å². The first-order valence-corrected chi connectivity index (χ1v) is 6.26. The second kappa shape index (κ2) is 4.39. The second-order valence-electron chi connectivity index (χ2n) is 4.79. The summed E-state index contributed by atoms with van der Waals surface area (Å²) < 4.78 is 5.86. The molecule has 0 N–H and O–H groups in total. The summed E-state index contributed by atoms with van der Waals surface area (Å²) in [5.41, 5.74) is 3.75. The zero-order valence-electron chi connectivity index (χ0n) is 10.9. The average molecular weight is 250 g/mol. The van der Waals surface area contributed by atoms with E-state index in [0.717, 1.165) is 16.7 Å². The van der Waals surface area contributed by atoms with Crippen LogP contribution in [0.4, 0.5) is 0 Å². The minimum atomic E-state index is 0.00297. The van der Waals surface area contributed by atoms with Crippen LogP contribution in [0.3, 0.4) is 0 Å². The molecule has 3 aromatic rings. The molecule has 2 heteroatoms. The van der Waals surface area contributed by atoms with Crippen molar-refractivity contribution >= 4 is 11.0 Å². The van der Waals surface area contributed by atoms with E-state index in [9.17, 15) is 4.79 Å². The van der Waals surface area contributed by atoms with Gasteiger partial charge in [-0.1, -0.05) is 35.9 Å². The summed E-state index contributed by atoms with van der Waals surface area (Å²) in [4.78, 5) is 12.2. The van der Waals surface area contributed by atoms with Crippen LogP contribution < -0.4 is 5.43 Å². The third kappa shape index (κ3) is 2.06. The van der Waals surface area contributed by atoms with Crippen LogP contribution in [0.2, 0.25) is 0 Å². The summed E-state index contributed by atoms with van der Waals surface area (Å²) >= 11 is 0. The molecule has 0 unspecified atom stereocenters. The van der Waals surface area contributed by atoms with Gasteiger partial charge in [0.25, 0.3) is 0 Å². The van der Waals surface area contributed by atoms with E-state index >= 15 is 0 Å². The molecule has 0 bridgehead atoms. The van der Waals surface area contributed by atoms with Crippen LogP contribution in [0.1, 0.15) is 11.1 Å². The predicted molar refractivity (Wildman–Crippen MR) is 77.4 cm³/mol. The summed E-state index contributed by atoms with van der Waals surface area (Å²) in [6, 6.07) is 15.1. The molecule has 0 radical (unpaired) electrons. The lowest BCUT2D eigenvalue weighted by atomic mass is 10.1. The standard InChI is InChI=1S/C17H14O2/c1-11-7-8-16-14(9-11)15(18)10-17(19-16)13-6-4-3-5-12(13)2/h3-10H,1-2H3. The number of hydrogen-bond acceptors (Lipinski definition) is 2. The molecule has 0 aliphatic carbocycles. The summed E-state index contributed by atoms with van der Waals surface area (Å²) in [6.07, 6.45) is 0. The van der Waals surface area contributed by atoms with Gasteiger partial charge in [0.05, 0.1) is 5.39 Å². The minimum absolute atomic E-state index is 0.00297. The quantitative estimate of drug-likeness (QED) is 0.651. The zero-order valence-corrected chi connectivity index (χ0v) is 10.9. The molecule has 3 rings (SSSR count). The first-order valence-electron chi connectivity index (χ1n) is 6.26. The molecule has 0 saturated carbocycles. The SMILES string of the molecule is Cc1ccc2oc(-c3ccccc3C)cc(=O)c2c1. The van der Waals surface area contributed by atoms with Crippen molar-refractivity contribution in [3.05, 3.63) is 69.9 Å². The Morgan fingerprint density at radius 2 is 1.74 bits per heavy atom. The van der Waals surface area contributed by atoms with E-state index in [0.29, 0.717) is 16.7 Å². The van der Waals surface area contributed by atoms with Crippen LogP contribution in [-0.2, 0) is 0 Å². The summed E-state index contributed by atoms with van der Waals surface area (Å²) in [5.74, 6) is 0.624. The number of hydrogen-bond donors (Lipinski definition) is 0. The fourth-order valence-corrected chi connectivity index (χ4v) is 2.25. The predicted octanol–water partition coefficient (Wildman–Crippen LogP) is 4.08. The molecule has 1 heterocycles. The molecule has 0 aliphatic rings. The van der Waals surface area contributed by atoms with Crippen molar-refractivity contribution < 1.29 is 4.42 Å². The number of benzene rings is 2. The van der Waals surface area contributed by atoms with E-state index in [-0.39, 0.29) is 5.43 Å². The fourth-order valence-electron chi connectivity index (χ4n) is 2.25. The van der Waals surface area contributed by atoms with Crippen molar-refractivity contribution in [1.82, 2.24) is 0 Å². The smallest absolute Gasteiger partial charge is 0.193 e. The second-order valence-corrected chi connectivity index (χ2v) is 4.79. The fraction of sp³-hybridized carbons (Fsp3) is 0.118. The number of aryl methyl sites for hydroxylation is 2. The molecule has 1 aromatic heterocycles. The summed E-state index contributed by atoms with van der Waals surface area (Å²) in [5, 5.41) is 0.636. The Morgan fingerprint density at radius 1 is 0.947 bits per heavy atom. The van der Waals surface area contributed by atoms with Gasteiger partial charge in [-0.05, 0) is 31.5 Å². The van der Waals surface area contributed by atoms with Crippen molar-refractivity contribution in [3.8, 4) is 11.3 Å². The molecule has 0 fully saturated rings. The lowest BCUT2D eigenvalue weighted by Gasteiger charge is -2.06. The largest absolute Gasteiger partial charge is 0.456 e. The van der Waals surface area contributed by atoms with Crippen molar-refractivity contribution in [2.45, 2.75) is 13.8 Å². The van der Waals surface area contributed by atoms with Crippen molar-refractivity contribution in [3.63, 3.8) is 0 Å². The lowest BCUT2D eigenvalue weighted by Crippen LogP contribution is -2.01. The first kappa shape index (κ1) is 11.7. The van der Waals surface area contributed by atoms with E-state index in [1.54, 1.807) is 6.07 Å². The van der Waals surface area contributed by atoms with Gasteiger partial charge in [-0.15, -0.1) is 0 Å². The zero-order chi connectivity index (χ0) is 13.4. The highest BCUT2D eigenvalue weighted by Gasteiger charge is 2.08. The molecule has 0 amide bonds. The van der Waals surface area contributed by atoms with Gasteiger partial charge in [0.2, 0.25) is 0 Å². The maximum Gasteiger partial charge on any atom is 0.193 e. The lowest BCUT2D eigenvalue weighted by molar-refractivity contribution is 0.618. The van der Waals surface area contributed by atoms with Crippen LogP contribution in [0, 0.1) is 13.8 Å². The van der Waals surface area contributed by atoms with Gasteiger partial charge in [-0.25, -0.2) is 0 Å². The van der Waals surface area contributed by atoms with Crippen LogP contribution in [0.15, 0.2) is 57.7 Å². The first-order chi connectivity index (χ1) is 9.15. The highest BCUT2D eigenvalue weighted by Crippen LogP contribution is 2.25. The third-order valence-electron chi connectivity index (χ3n) is 3.29. The molecular weight excluding hydrogens is 236 g/mol. The maximum atomic E-state index is 12.2. The molecular formula is C17H14O2. The Morgan fingerprint density at radius 3 is 2.53 bits per heavy atom. The van der Waals surface area contributed by atoms with Gasteiger partial charge < -0.3 is 4.42 Å². The van der Waals surface area contributed by atoms with Gasteiger partial charge in [0.15, 0.2) is 5.43 Å². The van der Waals surface area contributed by atoms with Gasteiger partial charge >= 0.3 is 0 Å². The summed E-state index contributed by atoms with van der Waals surface area (Å²) in [6.45, 7) is 3.98. The molecule has 19 heavy (non-hydrogen) atoms. The van der Waals surface area contributed by atoms with E-state index < -0.39 is 0 Å². The molecule has 0 spiro atoms. The highest BCUT2D eigenvalue weighted by atomic mass is 16.3. The Bertz CT molecular complexity index is 813. The van der Waals surface area contributed by atoms with Crippen molar-refractivity contribution in [2.24, 2.45) is 0 Å². The van der Waals surface area contributed by atoms with Crippen molar-refractivity contribution in [1.29, 1.82) is 0 Å². The Hall–Kier alpha value is -2.35. The monoisotopic (exact) mass is 250 g/mol. The van der Waals surface area contributed by atoms with Crippen LogP contribution in [0.5, 0.6) is 0 Å². The average Bonchev–Trinajstić information content (AvgIpc) is 2.40. The molecule has 0 saturated heterocycles. The summed E-state index contributed by atoms with van der Waals surface area (Å²) in [7, 11) is 0. The van der Waals surface area contributed by atoms with E-state index in [1.807, 2.05) is 56.3 Å². The maximum absolute atomic E-state index is 12.2. The molecule has 0 atom stereocenters. The van der Waals surface area contributed by atoms with Gasteiger partial charge in [-0.2, -0.15) is 0 Å². The molecule has 2 aromatic carbocycles. The van der Waals surface area contributed by atoms with E-state index in [4.69, 9.17) is 4.42 Å². The van der Waals surface area contributed by atoms with Crippen LogP contribution >= 0.6 is 0 Å². The van der Waals surface area contributed by atoms with Gasteiger partial charge in [0.1, 0.15) is 11.3 Å². The Kier molecular flexibility index (Phi) is 2.71. The molecule has 2 nitrogen and oxygen atoms in total. The Labute approximate surface area is 111 Å². The molecule has 0 aliphatic heterocycles. The minimum Gasteiger partial charge on any atom is -0.456 e. The number of fused-ring (bicyclic) bond motifs is 1. The molecule has 94 valence electrons. The highest BCUT2D eigenvalue weighted by molar-refractivity contribution is 5.79. The Balaban J connectivity index is 2.31. The third-order valence-corrected chi connectivity index (χ3v) is 3.29. The topological polar surface area (TPSA) is 30.2 Å². The number of rotatable bonds is 1.